The fraction of sp³-hybridized carbons (Fsp3) is 0.450. The van der Waals surface area contributed by atoms with Crippen LogP contribution in [0, 0.1) is 11.3 Å². The number of Topliss-reactive ketones (excluding diaryl/α,β-unsaturated/α-hetero) is 1. The third kappa shape index (κ3) is 3.79. The number of carbonyl (C=O) groups is 2. The predicted molar refractivity (Wildman–Crippen MR) is 98.7 cm³/mol. The van der Waals surface area contributed by atoms with Crippen molar-refractivity contribution in [3.05, 3.63) is 35.6 Å². The monoisotopic (exact) mass is 359 g/mol. The van der Waals surface area contributed by atoms with Crippen molar-refractivity contribution in [2.75, 3.05) is 7.11 Å². The Morgan fingerprint density at radius 1 is 1.31 bits per heavy atom. The Labute approximate surface area is 153 Å². The summed E-state index contributed by atoms with van der Waals surface area (Å²) in [5.41, 5.74) is -0.0292. The summed E-state index contributed by atoms with van der Waals surface area (Å²) in [5.74, 6) is -2.12. The lowest BCUT2D eigenvalue weighted by Gasteiger charge is -2.36. The summed E-state index contributed by atoms with van der Waals surface area (Å²) in [6, 6.07) is 6.52. The lowest BCUT2D eigenvalue weighted by molar-refractivity contribution is -0.150. The number of rotatable bonds is 5. The van der Waals surface area contributed by atoms with Gasteiger partial charge in [-0.2, -0.15) is 0 Å². The van der Waals surface area contributed by atoms with E-state index in [0.29, 0.717) is 24.2 Å². The molecule has 1 aliphatic carbocycles. The Balaban J connectivity index is 2.64. The maximum Gasteiger partial charge on any atom is 0.316 e. The molecule has 6 heteroatoms. The highest BCUT2D eigenvalue weighted by molar-refractivity contribution is 6.24. The van der Waals surface area contributed by atoms with Crippen molar-refractivity contribution < 1.29 is 24.5 Å². The van der Waals surface area contributed by atoms with E-state index in [4.69, 9.17) is 4.74 Å². The number of aliphatic hydroxyl groups excluding tert-OH is 1. The Morgan fingerprint density at radius 3 is 2.54 bits per heavy atom. The van der Waals surface area contributed by atoms with Crippen molar-refractivity contribution >= 4 is 23.2 Å². The summed E-state index contributed by atoms with van der Waals surface area (Å²) in [7, 11) is 1.25. The second-order valence-electron chi connectivity index (χ2n) is 7.10. The number of benzene rings is 1. The van der Waals surface area contributed by atoms with E-state index in [1.807, 2.05) is 6.92 Å². The van der Waals surface area contributed by atoms with Crippen molar-refractivity contribution in [1.82, 2.24) is 0 Å². The molecular formula is C20H25NO5. The average molecular weight is 359 g/mol. The van der Waals surface area contributed by atoms with Gasteiger partial charge in [0.25, 0.3) is 0 Å². The number of aliphatic imine (C=N–C) groups is 1. The number of aromatic hydroxyl groups is 1. The molecule has 0 unspecified atom stereocenters. The van der Waals surface area contributed by atoms with Gasteiger partial charge < -0.3 is 14.9 Å². The third-order valence-corrected chi connectivity index (χ3v) is 4.56. The summed E-state index contributed by atoms with van der Waals surface area (Å²) in [4.78, 5) is 29.4. The quantitative estimate of drug-likeness (QED) is 0.614. The Hall–Kier alpha value is -2.63. The molecular weight excluding hydrogens is 334 g/mol. The number of hydrogen-bond acceptors (Lipinski definition) is 6. The number of hydrogen-bond donors (Lipinski definition) is 2. The van der Waals surface area contributed by atoms with Gasteiger partial charge >= 0.3 is 5.97 Å². The molecule has 0 fully saturated rings. The lowest BCUT2D eigenvalue weighted by Crippen LogP contribution is -2.41. The number of allylic oxidation sites excluding steroid dienone is 1. The van der Waals surface area contributed by atoms with E-state index in [9.17, 15) is 19.8 Å². The molecule has 6 nitrogen and oxygen atoms in total. The zero-order valence-corrected chi connectivity index (χ0v) is 15.6. The first-order chi connectivity index (χ1) is 12.2. The lowest BCUT2D eigenvalue weighted by atomic mass is 9.67. The third-order valence-electron chi connectivity index (χ3n) is 4.56. The van der Waals surface area contributed by atoms with Crippen LogP contribution in [0.4, 0.5) is 5.69 Å². The van der Waals surface area contributed by atoms with Crippen LogP contribution in [0.5, 0.6) is 5.75 Å². The minimum absolute atomic E-state index is 0.0192. The number of aliphatic hydroxyl groups is 1. The highest BCUT2D eigenvalue weighted by Gasteiger charge is 2.47. The van der Waals surface area contributed by atoms with Gasteiger partial charge in [0.1, 0.15) is 23.1 Å². The van der Waals surface area contributed by atoms with Crippen LogP contribution in [0.3, 0.4) is 0 Å². The van der Waals surface area contributed by atoms with Crippen molar-refractivity contribution in [2.45, 2.75) is 40.0 Å². The minimum Gasteiger partial charge on any atom is -0.511 e. The van der Waals surface area contributed by atoms with Crippen molar-refractivity contribution in [3.63, 3.8) is 0 Å². The number of methoxy groups -OCH3 is 1. The van der Waals surface area contributed by atoms with Crippen LogP contribution in [-0.2, 0) is 14.3 Å². The predicted octanol–water partition coefficient (Wildman–Crippen LogP) is 3.87. The number of ketones is 1. The molecule has 1 aromatic rings. The van der Waals surface area contributed by atoms with Gasteiger partial charge in [0.05, 0.1) is 18.4 Å². The fourth-order valence-electron chi connectivity index (χ4n) is 3.30. The van der Waals surface area contributed by atoms with E-state index < -0.39 is 17.3 Å². The number of para-hydroxylation sites is 2. The molecule has 0 aliphatic heterocycles. The van der Waals surface area contributed by atoms with Crippen LogP contribution < -0.4 is 0 Å². The molecule has 0 radical (unpaired) electrons. The summed E-state index contributed by atoms with van der Waals surface area (Å²) in [5, 5.41) is 20.8. The van der Waals surface area contributed by atoms with E-state index in [-0.39, 0.29) is 29.3 Å². The van der Waals surface area contributed by atoms with Crippen LogP contribution in [-0.4, -0.2) is 34.8 Å². The number of nitrogens with zero attached hydrogens (tertiary/aromatic N) is 1. The van der Waals surface area contributed by atoms with Gasteiger partial charge in [0.15, 0.2) is 5.78 Å². The zero-order chi connectivity index (χ0) is 19.5. The first-order valence-electron chi connectivity index (χ1n) is 8.63. The van der Waals surface area contributed by atoms with E-state index >= 15 is 0 Å². The molecule has 0 heterocycles. The van der Waals surface area contributed by atoms with E-state index in [1.54, 1.807) is 32.0 Å². The summed E-state index contributed by atoms with van der Waals surface area (Å²) < 4.78 is 4.83. The molecule has 140 valence electrons. The van der Waals surface area contributed by atoms with Gasteiger partial charge in [0, 0.05) is 6.42 Å². The normalized spacial score (nSPS) is 20.2. The number of phenolic OH excluding ortho intramolecular Hbond substituents is 1. The first-order valence-corrected chi connectivity index (χ1v) is 8.63. The Bertz CT molecular complexity index is 776. The molecule has 1 atom stereocenters. The summed E-state index contributed by atoms with van der Waals surface area (Å²) in [6.45, 7) is 5.42. The second-order valence-corrected chi connectivity index (χ2v) is 7.10. The highest BCUT2D eigenvalue weighted by atomic mass is 16.5. The van der Waals surface area contributed by atoms with Crippen LogP contribution >= 0.6 is 0 Å². The van der Waals surface area contributed by atoms with Crippen LogP contribution in [0.15, 0.2) is 40.6 Å². The molecule has 26 heavy (non-hydrogen) atoms. The van der Waals surface area contributed by atoms with Crippen molar-refractivity contribution in [2.24, 2.45) is 16.3 Å². The Kier molecular flexibility index (Phi) is 5.85. The smallest absolute Gasteiger partial charge is 0.316 e. The fourth-order valence-corrected chi connectivity index (χ4v) is 3.30. The van der Waals surface area contributed by atoms with Crippen LogP contribution in [0.25, 0.3) is 0 Å². The maximum atomic E-state index is 12.8. The molecule has 0 spiro atoms. The molecule has 2 rings (SSSR count). The average Bonchev–Trinajstić information content (AvgIpc) is 2.55. The van der Waals surface area contributed by atoms with E-state index in [2.05, 4.69) is 4.99 Å². The molecule has 0 saturated heterocycles. The first kappa shape index (κ1) is 19.7. The molecule has 1 aliphatic rings. The Morgan fingerprint density at radius 2 is 1.96 bits per heavy atom. The van der Waals surface area contributed by atoms with Gasteiger partial charge in [-0.15, -0.1) is 0 Å². The van der Waals surface area contributed by atoms with Crippen molar-refractivity contribution in [1.29, 1.82) is 0 Å². The number of esters is 1. The van der Waals surface area contributed by atoms with Crippen LogP contribution in [0.1, 0.15) is 40.0 Å². The van der Waals surface area contributed by atoms with Crippen LogP contribution in [0.2, 0.25) is 0 Å². The SMILES string of the molecule is CCCC(=Nc1ccccc1O)C1=C(O)[C@H](C(=O)OC)C(C)(C)CC1=O. The highest BCUT2D eigenvalue weighted by Crippen LogP contribution is 2.43. The van der Waals surface area contributed by atoms with E-state index in [1.165, 1.54) is 13.2 Å². The van der Waals surface area contributed by atoms with Gasteiger partial charge in [-0.1, -0.05) is 39.3 Å². The molecule has 1 aromatic carbocycles. The summed E-state index contributed by atoms with van der Waals surface area (Å²) in [6.07, 6.45) is 1.20. The summed E-state index contributed by atoms with van der Waals surface area (Å²) >= 11 is 0. The molecule has 0 bridgehead atoms. The topological polar surface area (TPSA) is 96.2 Å². The van der Waals surface area contributed by atoms with Crippen molar-refractivity contribution in [3.8, 4) is 5.75 Å². The number of carbonyl (C=O) groups excluding carboxylic acids is 2. The van der Waals surface area contributed by atoms with Gasteiger partial charge in [-0.25, -0.2) is 4.99 Å². The number of phenols is 1. The van der Waals surface area contributed by atoms with Gasteiger partial charge in [-0.05, 0) is 24.0 Å². The largest absolute Gasteiger partial charge is 0.511 e. The molecule has 0 saturated carbocycles. The zero-order valence-electron chi connectivity index (χ0n) is 15.6. The van der Waals surface area contributed by atoms with Gasteiger partial charge in [0.2, 0.25) is 0 Å². The maximum absolute atomic E-state index is 12.8. The van der Waals surface area contributed by atoms with E-state index in [0.717, 1.165) is 0 Å². The molecule has 0 amide bonds. The molecule has 0 aromatic heterocycles. The van der Waals surface area contributed by atoms with Gasteiger partial charge in [-0.3, -0.25) is 9.59 Å². The minimum atomic E-state index is -0.938. The second kappa shape index (κ2) is 7.72. The standard InChI is InChI=1S/C20H25NO5/c1-5-8-13(21-12-9-6-7-10-14(12)22)16-15(23)11-20(2,3)17(18(16)24)19(25)26-4/h6-7,9-10,17,22,24H,5,8,11H2,1-4H3/t17-/m1/s1. The molecule has 2 N–H and O–H groups in total. The number of ether oxygens (including phenoxy) is 1.